The van der Waals surface area contributed by atoms with Gasteiger partial charge in [0, 0.05) is 44.0 Å². The Morgan fingerprint density at radius 3 is 2.69 bits per heavy atom. The summed E-state index contributed by atoms with van der Waals surface area (Å²) in [6.45, 7) is 4.27. The van der Waals surface area contributed by atoms with Crippen LogP contribution < -0.4 is 9.64 Å². The number of carbonyl (C=O) groups is 1. The van der Waals surface area contributed by atoms with Crippen LogP contribution in [0.1, 0.15) is 16.1 Å². The lowest BCUT2D eigenvalue weighted by atomic mass is 10.1. The smallest absolute Gasteiger partial charge is 0.257 e. The first kappa shape index (κ1) is 20.1. The highest BCUT2D eigenvalue weighted by Gasteiger charge is 2.27. The molecule has 0 spiro atoms. The summed E-state index contributed by atoms with van der Waals surface area (Å²) >= 11 is 6.42. The number of aryl methyl sites for hydroxylation is 1. The summed E-state index contributed by atoms with van der Waals surface area (Å²) in [5, 5.41) is 15.7. The minimum atomic E-state index is -0.150. The van der Waals surface area contributed by atoms with E-state index in [-0.39, 0.29) is 5.91 Å². The molecule has 4 heterocycles. The summed E-state index contributed by atoms with van der Waals surface area (Å²) in [5.74, 6) is 1.72. The van der Waals surface area contributed by atoms with Gasteiger partial charge in [-0.1, -0.05) is 11.6 Å². The Morgan fingerprint density at radius 2 is 1.97 bits per heavy atom. The lowest BCUT2D eigenvalue weighted by Crippen LogP contribution is -2.49. The topological polar surface area (TPSA) is 119 Å². The fraction of sp³-hybridized carbons (Fsp3) is 0.316. The number of amides is 1. The number of carbonyl (C=O) groups excluding carboxylic acids is 1. The van der Waals surface area contributed by atoms with Crippen molar-refractivity contribution in [3.05, 3.63) is 47.1 Å². The van der Waals surface area contributed by atoms with Crippen LogP contribution >= 0.6 is 11.6 Å². The number of fused-ring (bicyclic) bond motifs is 1. The fourth-order valence-corrected chi connectivity index (χ4v) is 4.02. The van der Waals surface area contributed by atoms with Gasteiger partial charge < -0.3 is 14.5 Å². The number of tetrazole rings is 1. The van der Waals surface area contributed by atoms with E-state index in [0.29, 0.717) is 54.0 Å². The van der Waals surface area contributed by atoms with Gasteiger partial charge in [-0.3, -0.25) is 4.79 Å². The summed E-state index contributed by atoms with van der Waals surface area (Å²) < 4.78 is 8.60. The van der Waals surface area contributed by atoms with Crippen molar-refractivity contribution in [2.45, 2.75) is 6.92 Å². The van der Waals surface area contributed by atoms with Crippen LogP contribution in [0, 0.1) is 6.92 Å². The molecule has 1 fully saturated rings. The van der Waals surface area contributed by atoms with Crippen molar-refractivity contribution < 1.29 is 9.53 Å². The Labute approximate surface area is 187 Å². The molecule has 0 radical (unpaired) electrons. The standard InChI is InChI=1S/C19H19ClN10O2/c1-12-7-17(30-19(24-12)21-10-23-30)27-3-5-28(6-4-27)18(31)13-8-14(20)15(9-16(13)32-2)29-11-22-25-26-29/h7-11H,3-6H2,1-2H3. The lowest BCUT2D eigenvalue weighted by Gasteiger charge is -2.36. The van der Waals surface area contributed by atoms with Crippen LogP contribution in [0.5, 0.6) is 5.75 Å². The molecule has 1 aliphatic heterocycles. The van der Waals surface area contributed by atoms with Crippen molar-refractivity contribution in [2.24, 2.45) is 0 Å². The number of anilines is 1. The third-order valence-electron chi connectivity index (χ3n) is 5.35. The van der Waals surface area contributed by atoms with Crippen LogP contribution in [-0.4, -0.2) is 83.9 Å². The van der Waals surface area contributed by atoms with Crippen molar-refractivity contribution in [3.63, 3.8) is 0 Å². The molecule has 0 atom stereocenters. The molecular formula is C19H19ClN10O2. The van der Waals surface area contributed by atoms with Crippen molar-refractivity contribution in [1.82, 2.24) is 44.7 Å². The normalized spacial score (nSPS) is 14.2. The zero-order valence-corrected chi connectivity index (χ0v) is 18.1. The second kappa shape index (κ2) is 8.04. The lowest BCUT2D eigenvalue weighted by molar-refractivity contribution is 0.0743. The fourth-order valence-electron chi connectivity index (χ4n) is 3.77. The van der Waals surface area contributed by atoms with Crippen molar-refractivity contribution in [3.8, 4) is 11.4 Å². The molecule has 0 aliphatic carbocycles. The predicted octanol–water partition coefficient (Wildman–Crippen LogP) is 1.03. The van der Waals surface area contributed by atoms with E-state index in [1.54, 1.807) is 21.5 Å². The highest BCUT2D eigenvalue weighted by molar-refractivity contribution is 6.33. The molecule has 32 heavy (non-hydrogen) atoms. The molecule has 0 N–H and O–H groups in total. The van der Waals surface area contributed by atoms with Crippen LogP contribution in [0.4, 0.5) is 5.82 Å². The molecule has 3 aromatic heterocycles. The third-order valence-corrected chi connectivity index (χ3v) is 5.65. The molecule has 4 aromatic rings. The summed E-state index contributed by atoms with van der Waals surface area (Å²) in [5.41, 5.74) is 1.78. The van der Waals surface area contributed by atoms with Gasteiger partial charge >= 0.3 is 0 Å². The van der Waals surface area contributed by atoms with E-state index in [1.807, 2.05) is 13.0 Å². The predicted molar refractivity (Wildman–Crippen MR) is 114 cm³/mol. The van der Waals surface area contributed by atoms with E-state index < -0.39 is 0 Å². The summed E-state index contributed by atoms with van der Waals surface area (Å²) in [7, 11) is 1.51. The Balaban J connectivity index is 1.36. The number of nitrogens with zero attached hydrogens (tertiary/aromatic N) is 10. The van der Waals surface area contributed by atoms with E-state index in [1.165, 1.54) is 24.4 Å². The van der Waals surface area contributed by atoms with Crippen molar-refractivity contribution in [2.75, 3.05) is 38.2 Å². The van der Waals surface area contributed by atoms with Crippen LogP contribution in [0.25, 0.3) is 11.5 Å². The van der Waals surface area contributed by atoms with Crippen LogP contribution in [0.15, 0.2) is 30.9 Å². The Morgan fingerprint density at radius 1 is 1.16 bits per heavy atom. The monoisotopic (exact) mass is 454 g/mol. The average Bonchev–Trinajstić information content (AvgIpc) is 3.50. The van der Waals surface area contributed by atoms with Crippen LogP contribution in [0.3, 0.4) is 0 Å². The van der Waals surface area contributed by atoms with Gasteiger partial charge in [0.1, 0.15) is 24.2 Å². The molecule has 164 valence electrons. The maximum Gasteiger partial charge on any atom is 0.257 e. The minimum absolute atomic E-state index is 0.150. The molecule has 5 rings (SSSR count). The number of aromatic nitrogens is 8. The summed E-state index contributed by atoms with van der Waals surface area (Å²) in [6.07, 6.45) is 2.91. The van der Waals surface area contributed by atoms with Gasteiger partial charge in [0.2, 0.25) is 0 Å². The first-order valence-electron chi connectivity index (χ1n) is 9.87. The number of hydrogen-bond donors (Lipinski definition) is 0. The first-order valence-corrected chi connectivity index (χ1v) is 10.3. The van der Waals surface area contributed by atoms with Crippen molar-refractivity contribution >= 4 is 29.1 Å². The minimum Gasteiger partial charge on any atom is -0.496 e. The highest BCUT2D eigenvalue weighted by Crippen LogP contribution is 2.30. The molecular weight excluding hydrogens is 436 g/mol. The van der Waals surface area contributed by atoms with E-state index in [0.717, 1.165) is 11.5 Å². The number of ether oxygens (including phenoxy) is 1. The molecule has 1 saturated heterocycles. The number of rotatable bonds is 4. The molecule has 1 aromatic carbocycles. The van der Waals surface area contributed by atoms with Gasteiger partial charge in [-0.25, -0.2) is 4.98 Å². The second-order valence-electron chi connectivity index (χ2n) is 7.27. The Hall–Kier alpha value is -3.80. The van der Waals surface area contributed by atoms with E-state index in [4.69, 9.17) is 16.3 Å². The number of methoxy groups -OCH3 is 1. The quantitative estimate of drug-likeness (QED) is 0.445. The largest absolute Gasteiger partial charge is 0.496 e. The molecule has 0 saturated carbocycles. The van der Waals surface area contributed by atoms with Crippen molar-refractivity contribution in [1.29, 1.82) is 0 Å². The maximum atomic E-state index is 13.3. The molecule has 0 unspecified atom stereocenters. The number of benzene rings is 1. The van der Waals surface area contributed by atoms with Gasteiger partial charge in [-0.15, -0.1) is 5.10 Å². The highest BCUT2D eigenvalue weighted by atomic mass is 35.5. The van der Waals surface area contributed by atoms with Crippen LogP contribution in [0.2, 0.25) is 5.02 Å². The third kappa shape index (κ3) is 3.47. The Bertz CT molecular complexity index is 1280. The van der Waals surface area contributed by atoms with Gasteiger partial charge in [0.05, 0.1) is 23.4 Å². The number of hydrogen-bond acceptors (Lipinski definition) is 9. The zero-order valence-electron chi connectivity index (χ0n) is 17.4. The molecule has 13 heteroatoms. The second-order valence-corrected chi connectivity index (χ2v) is 7.67. The zero-order chi connectivity index (χ0) is 22.2. The molecule has 1 amide bonds. The van der Waals surface area contributed by atoms with Gasteiger partial charge in [0.25, 0.3) is 11.7 Å². The maximum absolute atomic E-state index is 13.3. The molecule has 0 bridgehead atoms. The van der Waals surface area contributed by atoms with E-state index in [9.17, 15) is 4.79 Å². The molecule has 12 nitrogen and oxygen atoms in total. The average molecular weight is 455 g/mol. The SMILES string of the molecule is COc1cc(-n2cnnn2)c(Cl)cc1C(=O)N1CCN(c2cc(C)nc3ncnn23)CC1. The summed E-state index contributed by atoms with van der Waals surface area (Å²) in [6, 6.07) is 5.22. The van der Waals surface area contributed by atoms with Crippen LogP contribution in [-0.2, 0) is 0 Å². The first-order chi connectivity index (χ1) is 15.5. The number of halogens is 1. The van der Waals surface area contributed by atoms with E-state index >= 15 is 0 Å². The Kier molecular flexibility index (Phi) is 5.05. The van der Waals surface area contributed by atoms with Gasteiger partial charge in [-0.05, 0) is 23.4 Å². The molecule has 1 aliphatic rings. The van der Waals surface area contributed by atoms with Gasteiger partial charge in [-0.2, -0.15) is 19.3 Å². The summed E-state index contributed by atoms with van der Waals surface area (Å²) in [4.78, 5) is 25.8. The van der Waals surface area contributed by atoms with E-state index in [2.05, 4.69) is 35.5 Å². The van der Waals surface area contributed by atoms with Gasteiger partial charge in [0.15, 0.2) is 0 Å². The number of piperazine rings is 1.